The highest BCUT2D eigenvalue weighted by Crippen LogP contribution is 2.20. The molecule has 0 fully saturated rings. The maximum atomic E-state index is 12.8. The highest BCUT2D eigenvalue weighted by molar-refractivity contribution is 7.15. The standard InChI is InChI=1S/C24H16ClN3O2S/c25-19-8-4-7-18(14-19)22-26-24-28(27-22)23(29)21(31-24)13-16-9-11-20(12-10-16)30-15-17-5-2-1-3-6-17/h1-14H,15H2/b21-13-. The van der Waals surface area contributed by atoms with Gasteiger partial charge in [-0.2, -0.15) is 9.50 Å². The van der Waals surface area contributed by atoms with Crippen LogP contribution in [0.5, 0.6) is 5.75 Å². The molecule has 31 heavy (non-hydrogen) atoms. The van der Waals surface area contributed by atoms with Crippen LogP contribution in [-0.4, -0.2) is 14.6 Å². The van der Waals surface area contributed by atoms with Crippen LogP contribution in [0, 0.1) is 0 Å². The van der Waals surface area contributed by atoms with E-state index in [1.54, 1.807) is 12.1 Å². The predicted molar refractivity (Wildman–Crippen MR) is 124 cm³/mol. The van der Waals surface area contributed by atoms with Crippen molar-refractivity contribution in [2.45, 2.75) is 6.61 Å². The molecule has 5 aromatic rings. The SMILES string of the molecule is O=c1/c(=C/c2ccc(OCc3ccccc3)cc2)sc2nc(-c3cccc(Cl)c3)nn12. The summed E-state index contributed by atoms with van der Waals surface area (Å²) in [6.07, 6.45) is 1.84. The molecule has 2 aromatic heterocycles. The molecule has 0 radical (unpaired) electrons. The van der Waals surface area contributed by atoms with E-state index in [4.69, 9.17) is 16.3 Å². The van der Waals surface area contributed by atoms with Gasteiger partial charge in [-0.25, -0.2) is 0 Å². The van der Waals surface area contributed by atoms with E-state index in [9.17, 15) is 4.79 Å². The Morgan fingerprint density at radius 3 is 2.55 bits per heavy atom. The Bertz CT molecular complexity index is 1460. The number of benzene rings is 3. The second-order valence-electron chi connectivity index (χ2n) is 6.90. The fraction of sp³-hybridized carbons (Fsp3) is 0.0417. The van der Waals surface area contributed by atoms with E-state index in [-0.39, 0.29) is 5.56 Å². The normalized spacial score (nSPS) is 11.8. The third-order valence-electron chi connectivity index (χ3n) is 4.69. The zero-order valence-electron chi connectivity index (χ0n) is 16.2. The van der Waals surface area contributed by atoms with Crippen LogP contribution in [-0.2, 0) is 6.61 Å². The average molecular weight is 446 g/mol. The molecule has 152 valence electrons. The van der Waals surface area contributed by atoms with E-state index >= 15 is 0 Å². The van der Waals surface area contributed by atoms with Crippen molar-refractivity contribution in [2.24, 2.45) is 0 Å². The lowest BCUT2D eigenvalue weighted by molar-refractivity contribution is 0.306. The summed E-state index contributed by atoms with van der Waals surface area (Å²) < 4.78 is 7.73. The lowest BCUT2D eigenvalue weighted by Gasteiger charge is -2.06. The molecule has 0 N–H and O–H groups in total. The molecule has 2 heterocycles. The average Bonchev–Trinajstić information content (AvgIpc) is 3.33. The van der Waals surface area contributed by atoms with Crippen LogP contribution in [0.2, 0.25) is 5.02 Å². The van der Waals surface area contributed by atoms with Gasteiger partial charge in [0.15, 0.2) is 5.82 Å². The van der Waals surface area contributed by atoms with Crippen LogP contribution < -0.4 is 14.8 Å². The van der Waals surface area contributed by atoms with Crippen LogP contribution in [0.4, 0.5) is 0 Å². The number of thiazole rings is 1. The number of aromatic nitrogens is 3. The van der Waals surface area contributed by atoms with Gasteiger partial charge in [-0.1, -0.05) is 77.5 Å². The van der Waals surface area contributed by atoms with E-state index in [0.29, 0.717) is 26.9 Å². The Hall–Kier alpha value is -3.48. The minimum atomic E-state index is -0.190. The second kappa shape index (κ2) is 8.34. The summed E-state index contributed by atoms with van der Waals surface area (Å²) in [7, 11) is 0. The van der Waals surface area contributed by atoms with Gasteiger partial charge in [0.25, 0.3) is 5.56 Å². The van der Waals surface area contributed by atoms with Crippen LogP contribution >= 0.6 is 22.9 Å². The largest absolute Gasteiger partial charge is 0.489 e. The molecule has 0 saturated heterocycles. The lowest BCUT2D eigenvalue weighted by atomic mass is 10.2. The number of ether oxygens (including phenoxy) is 1. The Morgan fingerprint density at radius 2 is 1.81 bits per heavy atom. The summed E-state index contributed by atoms with van der Waals surface area (Å²) in [6.45, 7) is 0.511. The smallest absolute Gasteiger partial charge is 0.291 e. The topological polar surface area (TPSA) is 56.5 Å². The van der Waals surface area contributed by atoms with E-state index in [1.807, 2.05) is 72.8 Å². The molecule has 5 rings (SSSR count). The van der Waals surface area contributed by atoms with Gasteiger partial charge in [0.2, 0.25) is 4.96 Å². The summed E-state index contributed by atoms with van der Waals surface area (Å²) in [5.41, 5.74) is 2.61. The molecule has 0 spiro atoms. The van der Waals surface area contributed by atoms with Gasteiger partial charge in [-0.05, 0) is 41.5 Å². The van der Waals surface area contributed by atoms with Crippen molar-refractivity contribution in [3.63, 3.8) is 0 Å². The highest BCUT2D eigenvalue weighted by atomic mass is 35.5. The van der Waals surface area contributed by atoms with E-state index in [0.717, 1.165) is 22.4 Å². The number of nitrogens with zero attached hydrogens (tertiary/aromatic N) is 3. The predicted octanol–water partition coefficient (Wildman–Crippen LogP) is 4.60. The van der Waals surface area contributed by atoms with Gasteiger partial charge in [-0.3, -0.25) is 4.79 Å². The third-order valence-corrected chi connectivity index (χ3v) is 5.89. The summed E-state index contributed by atoms with van der Waals surface area (Å²) in [5.74, 6) is 1.26. The monoisotopic (exact) mass is 445 g/mol. The molecule has 5 nitrogen and oxygen atoms in total. The summed E-state index contributed by atoms with van der Waals surface area (Å²) in [4.78, 5) is 17.8. The van der Waals surface area contributed by atoms with Crippen molar-refractivity contribution in [1.82, 2.24) is 14.6 Å². The van der Waals surface area contributed by atoms with Gasteiger partial charge < -0.3 is 4.74 Å². The molecule has 0 atom stereocenters. The number of rotatable bonds is 5. The van der Waals surface area contributed by atoms with Crippen molar-refractivity contribution < 1.29 is 4.74 Å². The lowest BCUT2D eigenvalue weighted by Crippen LogP contribution is -2.23. The molecule has 0 aliphatic heterocycles. The van der Waals surface area contributed by atoms with Gasteiger partial charge in [0, 0.05) is 10.6 Å². The maximum absolute atomic E-state index is 12.8. The number of halogens is 1. The van der Waals surface area contributed by atoms with Gasteiger partial charge >= 0.3 is 0 Å². The van der Waals surface area contributed by atoms with Gasteiger partial charge in [0.1, 0.15) is 12.4 Å². The molecule has 0 aliphatic carbocycles. The Morgan fingerprint density at radius 1 is 1.00 bits per heavy atom. The van der Waals surface area contributed by atoms with Crippen molar-refractivity contribution in [3.05, 3.63) is 110 Å². The maximum Gasteiger partial charge on any atom is 0.291 e. The van der Waals surface area contributed by atoms with Crippen LogP contribution in [0.25, 0.3) is 22.4 Å². The van der Waals surface area contributed by atoms with E-state index in [1.165, 1.54) is 15.9 Å². The first-order valence-electron chi connectivity index (χ1n) is 9.60. The van der Waals surface area contributed by atoms with Gasteiger partial charge in [0.05, 0.1) is 4.53 Å². The first-order valence-corrected chi connectivity index (χ1v) is 10.8. The van der Waals surface area contributed by atoms with Crippen LogP contribution in [0.1, 0.15) is 11.1 Å². The number of hydrogen-bond donors (Lipinski definition) is 0. The second-order valence-corrected chi connectivity index (χ2v) is 8.34. The van der Waals surface area contributed by atoms with E-state index in [2.05, 4.69) is 10.1 Å². The summed E-state index contributed by atoms with van der Waals surface area (Å²) >= 11 is 7.35. The fourth-order valence-corrected chi connectivity index (χ4v) is 4.23. The minimum absolute atomic E-state index is 0.190. The zero-order chi connectivity index (χ0) is 21.2. The van der Waals surface area contributed by atoms with Crippen molar-refractivity contribution in [3.8, 4) is 17.1 Å². The Kier molecular flexibility index (Phi) is 5.24. The molecular weight excluding hydrogens is 430 g/mol. The molecule has 0 amide bonds. The molecule has 3 aromatic carbocycles. The summed E-state index contributed by atoms with van der Waals surface area (Å²) in [6, 6.07) is 24.9. The molecular formula is C24H16ClN3O2S. The molecule has 0 saturated carbocycles. The molecule has 0 unspecified atom stereocenters. The Balaban J connectivity index is 1.37. The van der Waals surface area contributed by atoms with Crippen LogP contribution in [0.3, 0.4) is 0 Å². The van der Waals surface area contributed by atoms with Crippen LogP contribution in [0.15, 0.2) is 83.7 Å². The van der Waals surface area contributed by atoms with Crippen molar-refractivity contribution in [2.75, 3.05) is 0 Å². The molecule has 7 heteroatoms. The van der Waals surface area contributed by atoms with Crippen molar-refractivity contribution >= 4 is 34.0 Å². The number of hydrogen-bond acceptors (Lipinski definition) is 5. The summed E-state index contributed by atoms with van der Waals surface area (Å²) in [5, 5.41) is 4.96. The van der Waals surface area contributed by atoms with E-state index < -0.39 is 0 Å². The molecule has 0 aliphatic rings. The Labute approximate surface area is 186 Å². The quantitative estimate of drug-likeness (QED) is 0.397. The minimum Gasteiger partial charge on any atom is -0.489 e. The number of fused-ring (bicyclic) bond motifs is 1. The first kappa shape index (κ1) is 19.5. The highest BCUT2D eigenvalue weighted by Gasteiger charge is 2.12. The fourth-order valence-electron chi connectivity index (χ4n) is 3.14. The first-order chi connectivity index (χ1) is 15.2. The third kappa shape index (κ3) is 4.21. The van der Waals surface area contributed by atoms with Gasteiger partial charge in [-0.15, -0.1) is 5.10 Å². The molecule has 0 bridgehead atoms. The zero-order valence-corrected chi connectivity index (χ0v) is 17.8. The van der Waals surface area contributed by atoms with Crippen molar-refractivity contribution in [1.29, 1.82) is 0 Å².